The van der Waals surface area contributed by atoms with E-state index in [0.29, 0.717) is 0 Å². The molecule has 1 saturated heterocycles. The number of hydrogen-bond acceptors (Lipinski definition) is 4. The predicted molar refractivity (Wildman–Crippen MR) is 61.5 cm³/mol. The highest BCUT2D eigenvalue weighted by Crippen LogP contribution is 2.24. The molecule has 0 aromatic heterocycles. The molecule has 0 aromatic rings. The molecule has 0 amide bonds. The van der Waals surface area contributed by atoms with Gasteiger partial charge in [-0.05, 0) is 19.9 Å². The predicted octanol–water partition coefficient (Wildman–Crippen LogP) is -0.513. The molecule has 0 unspecified atom stereocenters. The minimum Gasteiger partial charge on any atom is -0.481 e. The van der Waals surface area contributed by atoms with E-state index in [-0.39, 0.29) is 12.0 Å². The van der Waals surface area contributed by atoms with Crippen LogP contribution >= 0.6 is 0 Å². The lowest BCUT2D eigenvalue weighted by Crippen LogP contribution is -2.69. The fourth-order valence-electron chi connectivity index (χ4n) is 2.22. The number of carboxylic acid groups (broad SMARTS) is 1. The first-order valence-electron chi connectivity index (χ1n) is 5.99. The molecule has 2 aliphatic rings. The van der Waals surface area contributed by atoms with Crippen molar-refractivity contribution in [1.29, 1.82) is 0 Å². The number of carboxylic acids is 1. The molecule has 92 valence electrons. The summed E-state index contributed by atoms with van der Waals surface area (Å²) in [7, 11) is 2.14. The third-order valence-electron chi connectivity index (χ3n) is 3.55. The van der Waals surface area contributed by atoms with Gasteiger partial charge in [0.05, 0.1) is 12.0 Å². The van der Waals surface area contributed by atoms with Crippen LogP contribution in [-0.4, -0.2) is 60.8 Å². The zero-order chi connectivity index (χ0) is 11.6. The molecular formula is C11H21N3O2. The highest BCUT2D eigenvalue weighted by atomic mass is 16.4. The van der Waals surface area contributed by atoms with E-state index in [1.807, 2.05) is 0 Å². The van der Waals surface area contributed by atoms with Crippen molar-refractivity contribution in [2.75, 3.05) is 33.2 Å². The largest absolute Gasteiger partial charge is 0.481 e. The van der Waals surface area contributed by atoms with Gasteiger partial charge in [0, 0.05) is 32.2 Å². The van der Waals surface area contributed by atoms with Crippen LogP contribution in [0, 0.1) is 0 Å². The van der Waals surface area contributed by atoms with E-state index in [2.05, 4.69) is 22.6 Å². The maximum absolute atomic E-state index is 10.7. The summed E-state index contributed by atoms with van der Waals surface area (Å²) in [5, 5.41) is 15.4. The summed E-state index contributed by atoms with van der Waals surface area (Å²) in [6, 6.07) is 0.775. The number of carbonyl (C=O) groups is 1. The van der Waals surface area contributed by atoms with Crippen molar-refractivity contribution in [2.45, 2.75) is 30.8 Å². The van der Waals surface area contributed by atoms with Crippen LogP contribution in [0.15, 0.2) is 0 Å². The van der Waals surface area contributed by atoms with Crippen LogP contribution in [0.2, 0.25) is 0 Å². The lowest BCUT2D eigenvalue weighted by molar-refractivity contribution is -0.139. The van der Waals surface area contributed by atoms with Gasteiger partial charge in [0.15, 0.2) is 0 Å². The Labute approximate surface area is 96.2 Å². The Bertz CT molecular complexity index is 262. The second-order valence-corrected chi connectivity index (χ2v) is 5.09. The van der Waals surface area contributed by atoms with Gasteiger partial charge in [0.2, 0.25) is 0 Å². The molecule has 0 atom stereocenters. The van der Waals surface area contributed by atoms with Crippen LogP contribution in [-0.2, 0) is 4.79 Å². The second-order valence-electron chi connectivity index (χ2n) is 5.09. The molecule has 2 rings (SSSR count). The first-order chi connectivity index (χ1) is 7.61. The van der Waals surface area contributed by atoms with Crippen molar-refractivity contribution >= 4 is 5.97 Å². The van der Waals surface area contributed by atoms with E-state index in [4.69, 9.17) is 5.11 Å². The lowest BCUT2D eigenvalue weighted by Gasteiger charge is -2.42. The first kappa shape index (κ1) is 11.8. The van der Waals surface area contributed by atoms with Crippen molar-refractivity contribution < 1.29 is 9.90 Å². The van der Waals surface area contributed by atoms with Gasteiger partial charge in [0.25, 0.3) is 0 Å². The van der Waals surface area contributed by atoms with E-state index >= 15 is 0 Å². The third-order valence-corrected chi connectivity index (χ3v) is 3.55. The normalized spacial score (nSPS) is 23.1. The summed E-state index contributed by atoms with van der Waals surface area (Å²) in [5.41, 5.74) is -0.198. The Hall–Kier alpha value is -0.650. The standard InChI is InChI=1S/C11H21N3O2/c1-14(9-2-3-9)5-4-13-11(6-10(15)16)7-12-8-11/h9,12-13H,2-8H2,1H3,(H,15,16). The molecule has 2 fully saturated rings. The molecule has 0 radical (unpaired) electrons. The molecule has 16 heavy (non-hydrogen) atoms. The molecule has 1 aliphatic carbocycles. The molecule has 1 heterocycles. The Morgan fingerprint density at radius 2 is 2.25 bits per heavy atom. The Morgan fingerprint density at radius 1 is 1.56 bits per heavy atom. The molecular weight excluding hydrogens is 206 g/mol. The number of rotatable bonds is 7. The average Bonchev–Trinajstić information content (AvgIpc) is 2.95. The molecule has 0 aromatic carbocycles. The van der Waals surface area contributed by atoms with Crippen molar-refractivity contribution in [3.63, 3.8) is 0 Å². The van der Waals surface area contributed by atoms with Gasteiger partial charge in [-0.1, -0.05) is 0 Å². The van der Waals surface area contributed by atoms with E-state index in [1.165, 1.54) is 12.8 Å². The van der Waals surface area contributed by atoms with Crippen molar-refractivity contribution in [3.8, 4) is 0 Å². The zero-order valence-corrected chi connectivity index (χ0v) is 9.83. The van der Waals surface area contributed by atoms with Crippen LogP contribution < -0.4 is 10.6 Å². The van der Waals surface area contributed by atoms with E-state index in [1.54, 1.807) is 0 Å². The highest BCUT2D eigenvalue weighted by molar-refractivity contribution is 5.68. The fourth-order valence-corrected chi connectivity index (χ4v) is 2.22. The summed E-state index contributed by atoms with van der Waals surface area (Å²) in [4.78, 5) is 13.1. The first-order valence-corrected chi connectivity index (χ1v) is 5.99. The number of nitrogens with zero attached hydrogens (tertiary/aromatic N) is 1. The van der Waals surface area contributed by atoms with E-state index < -0.39 is 5.97 Å². The number of aliphatic carboxylic acids is 1. The van der Waals surface area contributed by atoms with Crippen LogP contribution in [0.25, 0.3) is 0 Å². The van der Waals surface area contributed by atoms with Gasteiger partial charge in [-0.15, -0.1) is 0 Å². The Morgan fingerprint density at radius 3 is 2.69 bits per heavy atom. The molecule has 1 saturated carbocycles. The smallest absolute Gasteiger partial charge is 0.305 e. The van der Waals surface area contributed by atoms with Gasteiger partial charge in [-0.25, -0.2) is 0 Å². The zero-order valence-electron chi connectivity index (χ0n) is 9.83. The lowest BCUT2D eigenvalue weighted by atomic mass is 9.88. The molecule has 1 aliphatic heterocycles. The van der Waals surface area contributed by atoms with Crippen LogP contribution in [0.4, 0.5) is 0 Å². The van der Waals surface area contributed by atoms with Crippen molar-refractivity contribution in [2.24, 2.45) is 0 Å². The summed E-state index contributed by atoms with van der Waals surface area (Å²) in [6.07, 6.45) is 2.85. The summed E-state index contributed by atoms with van der Waals surface area (Å²) < 4.78 is 0. The summed E-state index contributed by atoms with van der Waals surface area (Å²) >= 11 is 0. The molecule has 5 heteroatoms. The third kappa shape index (κ3) is 2.93. The summed E-state index contributed by atoms with van der Waals surface area (Å²) in [6.45, 7) is 3.42. The van der Waals surface area contributed by atoms with Crippen molar-refractivity contribution in [1.82, 2.24) is 15.5 Å². The summed E-state index contributed by atoms with van der Waals surface area (Å²) in [5.74, 6) is -0.718. The topological polar surface area (TPSA) is 64.6 Å². The number of nitrogens with one attached hydrogen (secondary N) is 2. The van der Waals surface area contributed by atoms with Crippen molar-refractivity contribution in [3.05, 3.63) is 0 Å². The van der Waals surface area contributed by atoms with E-state index in [9.17, 15) is 4.79 Å². The van der Waals surface area contributed by atoms with Gasteiger partial charge in [0.1, 0.15) is 0 Å². The van der Waals surface area contributed by atoms with Gasteiger partial charge < -0.3 is 20.6 Å². The van der Waals surface area contributed by atoms with Gasteiger partial charge in [-0.3, -0.25) is 4.79 Å². The Kier molecular flexibility index (Phi) is 3.47. The monoisotopic (exact) mass is 227 g/mol. The molecule has 3 N–H and O–H groups in total. The van der Waals surface area contributed by atoms with Gasteiger partial charge in [-0.2, -0.15) is 0 Å². The number of likely N-dealkylation sites (N-methyl/N-ethyl adjacent to an activating group) is 1. The molecule has 0 spiro atoms. The average molecular weight is 227 g/mol. The second kappa shape index (κ2) is 4.69. The SMILES string of the molecule is CN(CCNC1(CC(=O)O)CNC1)C1CC1. The molecule has 0 bridgehead atoms. The van der Waals surface area contributed by atoms with Crippen LogP contribution in [0.1, 0.15) is 19.3 Å². The van der Waals surface area contributed by atoms with E-state index in [0.717, 1.165) is 32.2 Å². The maximum Gasteiger partial charge on any atom is 0.305 e. The Balaban J connectivity index is 1.68. The van der Waals surface area contributed by atoms with Gasteiger partial charge >= 0.3 is 5.97 Å². The van der Waals surface area contributed by atoms with Crippen LogP contribution in [0.3, 0.4) is 0 Å². The highest BCUT2D eigenvalue weighted by Gasteiger charge is 2.38. The quantitative estimate of drug-likeness (QED) is 0.546. The number of hydrogen-bond donors (Lipinski definition) is 3. The van der Waals surface area contributed by atoms with Crippen LogP contribution in [0.5, 0.6) is 0 Å². The fraction of sp³-hybridized carbons (Fsp3) is 0.909. The molecule has 5 nitrogen and oxygen atoms in total. The minimum atomic E-state index is -0.718. The maximum atomic E-state index is 10.7. The minimum absolute atomic E-state index is 0.198.